The number of ether oxygens (including phenoxy) is 1. The molecule has 0 saturated heterocycles. The van der Waals surface area contributed by atoms with Crippen molar-refractivity contribution in [2.45, 2.75) is 20.0 Å². The van der Waals surface area contributed by atoms with E-state index >= 15 is 0 Å². The van der Waals surface area contributed by atoms with Crippen LogP contribution in [0.5, 0.6) is 5.75 Å². The molecule has 0 aliphatic heterocycles. The van der Waals surface area contributed by atoms with Crippen LogP contribution in [0.15, 0.2) is 28.8 Å². The van der Waals surface area contributed by atoms with E-state index in [0.29, 0.717) is 22.8 Å². The zero-order valence-corrected chi connectivity index (χ0v) is 12.3. The minimum absolute atomic E-state index is 0.0179. The molecule has 22 heavy (non-hydrogen) atoms. The van der Waals surface area contributed by atoms with Crippen LogP contribution in [0.1, 0.15) is 21.8 Å². The third kappa shape index (κ3) is 4.05. The van der Waals surface area contributed by atoms with Crippen LogP contribution in [0.2, 0.25) is 0 Å². The van der Waals surface area contributed by atoms with Gasteiger partial charge >= 0.3 is 0 Å². The number of nitrogens with zero attached hydrogens (tertiary/aromatic N) is 1. The highest BCUT2D eigenvalue weighted by molar-refractivity contribution is 5.96. The lowest BCUT2D eigenvalue weighted by atomic mass is 10.2. The van der Waals surface area contributed by atoms with Gasteiger partial charge in [-0.1, -0.05) is 5.16 Å². The fourth-order valence-electron chi connectivity index (χ4n) is 1.89. The molecule has 0 fully saturated rings. The SMILES string of the molecule is Cc1noc(C)c1C(=O)NCC(O)COc1ccc(F)cc1. The lowest BCUT2D eigenvalue weighted by molar-refractivity contribution is 0.0842. The summed E-state index contributed by atoms with van der Waals surface area (Å²) in [6.07, 6.45) is -0.894. The molecule has 1 amide bonds. The number of aromatic nitrogens is 1. The molecule has 118 valence electrons. The van der Waals surface area contributed by atoms with E-state index in [1.807, 2.05) is 0 Å². The Balaban J connectivity index is 1.79. The second kappa shape index (κ2) is 7.04. The Morgan fingerprint density at radius 1 is 1.41 bits per heavy atom. The third-order valence-electron chi connectivity index (χ3n) is 3.01. The number of aliphatic hydroxyl groups excluding tert-OH is 1. The summed E-state index contributed by atoms with van der Waals surface area (Å²) in [7, 11) is 0. The van der Waals surface area contributed by atoms with Crippen LogP contribution < -0.4 is 10.1 Å². The lowest BCUT2D eigenvalue weighted by Crippen LogP contribution is -2.35. The molecule has 0 aliphatic rings. The molecule has 2 rings (SSSR count). The Morgan fingerprint density at radius 2 is 2.09 bits per heavy atom. The van der Waals surface area contributed by atoms with Crippen LogP contribution >= 0.6 is 0 Å². The molecule has 0 saturated carbocycles. The van der Waals surface area contributed by atoms with Crippen LogP contribution in [0.25, 0.3) is 0 Å². The minimum atomic E-state index is -0.894. The summed E-state index contributed by atoms with van der Waals surface area (Å²) in [6, 6.07) is 5.46. The van der Waals surface area contributed by atoms with Crippen LogP contribution in [-0.2, 0) is 0 Å². The number of amides is 1. The molecule has 1 unspecified atom stereocenters. The third-order valence-corrected chi connectivity index (χ3v) is 3.01. The molecule has 0 spiro atoms. The van der Waals surface area contributed by atoms with Gasteiger partial charge in [-0.05, 0) is 38.1 Å². The second-order valence-electron chi connectivity index (χ2n) is 4.83. The van der Waals surface area contributed by atoms with E-state index in [1.165, 1.54) is 24.3 Å². The van der Waals surface area contributed by atoms with Gasteiger partial charge in [0.15, 0.2) is 0 Å². The van der Waals surface area contributed by atoms with Gasteiger partial charge < -0.3 is 19.7 Å². The number of rotatable bonds is 6. The Kier molecular flexibility index (Phi) is 5.11. The summed E-state index contributed by atoms with van der Waals surface area (Å²) in [6.45, 7) is 3.31. The number of halogens is 1. The number of carbonyl (C=O) groups excluding carboxylic acids is 1. The molecule has 2 N–H and O–H groups in total. The van der Waals surface area contributed by atoms with Crippen molar-refractivity contribution >= 4 is 5.91 Å². The first-order valence-electron chi connectivity index (χ1n) is 6.75. The topological polar surface area (TPSA) is 84.6 Å². The van der Waals surface area contributed by atoms with Crippen molar-refractivity contribution in [3.63, 3.8) is 0 Å². The maximum Gasteiger partial charge on any atom is 0.256 e. The number of hydrogen-bond donors (Lipinski definition) is 2. The standard InChI is InChI=1S/C15H17FN2O4/c1-9-14(10(2)22-18-9)15(20)17-7-12(19)8-21-13-5-3-11(16)4-6-13/h3-6,12,19H,7-8H2,1-2H3,(H,17,20). The molecule has 2 aromatic rings. The summed E-state index contributed by atoms with van der Waals surface area (Å²) >= 11 is 0. The van der Waals surface area contributed by atoms with Gasteiger partial charge in [-0.15, -0.1) is 0 Å². The smallest absolute Gasteiger partial charge is 0.256 e. The van der Waals surface area contributed by atoms with E-state index in [4.69, 9.17) is 9.26 Å². The Bertz CT molecular complexity index is 620. The van der Waals surface area contributed by atoms with E-state index in [1.54, 1.807) is 13.8 Å². The van der Waals surface area contributed by atoms with E-state index in [-0.39, 0.29) is 24.9 Å². The normalized spacial score (nSPS) is 12.0. The number of nitrogens with one attached hydrogen (secondary N) is 1. The van der Waals surface area contributed by atoms with Gasteiger partial charge in [0.05, 0.1) is 5.69 Å². The van der Waals surface area contributed by atoms with Crippen molar-refractivity contribution < 1.29 is 23.6 Å². The molecule has 6 nitrogen and oxygen atoms in total. The molecule has 1 heterocycles. The first-order chi connectivity index (χ1) is 10.5. The van der Waals surface area contributed by atoms with Gasteiger partial charge in [0.25, 0.3) is 5.91 Å². The number of carbonyl (C=O) groups is 1. The van der Waals surface area contributed by atoms with Gasteiger partial charge in [-0.25, -0.2) is 4.39 Å². The van der Waals surface area contributed by atoms with Crippen molar-refractivity contribution in [3.05, 3.63) is 47.1 Å². The maximum absolute atomic E-state index is 12.7. The summed E-state index contributed by atoms with van der Waals surface area (Å²) < 4.78 is 22.9. The molecule has 0 radical (unpaired) electrons. The molecule has 1 aromatic heterocycles. The van der Waals surface area contributed by atoms with Gasteiger partial charge in [0.2, 0.25) is 0 Å². The van der Waals surface area contributed by atoms with E-state index in [2.05, 4.69) is 10.5 Å². The highest BCUT2D eigenvalue weighted by atomic mass is 19.1. The number of aliphatic hydroxyl groups is 1. The lowest BCUT2D eigenvalue weighted by Gasteiger charge is -2.13. The van der Waals surface area contributed by atoms with Crippen LogP contribution in [-0.4, -0.2) is 35.4 Å². The van der Waals surface area contributed by atoms with Crippen LogP contribution in [0.3, 0.4) is 0 Å². The van der Waals surface area contributed by atoms with Gasteiger partial charge in [0, 0.05) is 6.54 Å². The Morgan fingerprint density at radius 3 is 2.68 bits per heavy atom. The molecule has 0 aliphatic carbocycles. The predicted molar refractivity (Wildman–Crippen MR) is 76.2 cm³/mol. The van der Waals surface area contributed by atoms with Gasteiger partial charge in [-0.3, -0.25) is 4.79 Å². The summed E-state index contributed by atoms with van der Waals surface area (Å²) in [5, 5.41) is 16.1. The number of aryl methyl sites for hydroxylation is 2. The summed E-state index contributed by atoms with van der Waals surface area (Å²) in [4.78, 5) is 12.0. The monoisotopic (exact) mass is 308 g/mol. The number of hydrogen-bond acceptors (Lipinski definition) is 5. The fraction of sp³-hybridized carbons (Fsp3) is 0.333. The zero-order chi connectivity index (χ0) is 16.1. The maximum atomic E-state index is 12.7. The summed E-state index contributed by atoms with van der Waals surface area (Å²) in [5.41, 5.74) is 0.860. The predicted octanol–water partition coefficient (Wildman–Crippen LogP) is 1.60. The molecule has 1 atom stereocenters. The quantitative estimate of drug-likeness (QED) is 0.847. The Labute approximate surface area is 126 Å². The first kappa shape index (κ1) is 16.0. The summed E-state index contributed by atoms with van der Waals surface area (Å²) in [5.74, 6) is 0.140. The molecular formula is C15H17FN2O4. The average Bonchev–Trinajstić information content (AvgIpc) is 2.83. The largest absolute Gasteiger partial charge is 0.491 e. The van der Waals surface area contributed by atoms with Crippen molar-refractivity contribution in [1.82, 2.24) is 10.5 Å². The first-order valence-corrected chi connectivity index (χ1v) is 6.75. The number of benzene rings is 1. The Hall–Kier alpha value is -2.41. The van der Waals surface area contributed by atoms with Crippen molar-refractivity contribution in [3.8, 4) is 5.75 Å². The van der Waals surface area contributed by atoms with E-state index in [0.717, 1.165) is 0 Å². The molecule has 1 aromatic carbocycles. The second-order valence-corrected chi connectivity index (χ2v) is 4.83. The average molecular weight is 308 g/mol. The van der Waals surface area contributed by atoms with E-state index in [9.17, 15) is 14.3 Å². The van der Waals surface area contributed by atoms with Gasteiger partial charge in [0.1, 0.15) is 35.6 Å². The highest BCUT2D eigenvalue weighted by Gasteiger charge is 2.18. The fourth-order valence-corrected chi connectivity index (χ4v) is 1.89. The zero-order valence-electron chi connectivity index (χ0n) is 12.3. The highest BCUT2D eigenvalue weighted by Crippen LogP contribution is 2.12. The van der Waals surface area contributed by atoms with E-state index < -0.39 is 6.10 Å². The van der Waals surface area contributed by atoms with Crippen LogP contribution in [0.4, 0.5) is 4.39 Å². The van der Waals surface area contributed by atoms with Crippen molar-refractivity contribution in [2.24, 2.45) is 0 Å². The van der Waals surface area contributed by atoms with Crippen molar-refractivity contribution in [2.75, 3.05) is 13.2 Å². The van der Waals surface area contributed by atoms with Gasteiger partial charge in [-0.2, -0.15) is 0 Å². The van der Waals surface area contributed by atoms with Crippen molar-refractivity contribution in [1.29, 1.82) is 0 Å². The minimum Gasteiger partial charge on any atom is -0.491 e. The molecule has 0 bridgehead atoms. The van der Waals surface area contributed by atoms with Crippen LogP contribution in [0, 0.1) is 19.7 Å². The molecule has 7 heteroatoms. The molecular weight excluding hydrogens is 291 g/mol.